The zero-order valence-electron chi connectivity index (χ0n) is 16.2. The first-order valence-corrected chi connectivity index (χ1v) is 9.25. The fraction of sp³-hybridized carbons (Fsp3) is 0.550. The molecule has 0 unspecified atom stereocenters. The van der Waals surface area contributed by atoms with Crippen molar-refractivity contribution in [3.8, 4) is 5.75 Å². The van der Waals surface area contributed by atoms with Gasteiger partial charge in [-0.2, -0.15) is 0 Å². The lowest BCUT2D eigenvalue weighted by molar-refractivity contribution is -0.146. The zero-order chi connectivity index (χ0) is 20.0. The number of carbonyl (C=O) groups excluding carboxylic acids is 2. The van der Waals surface area contributed by atoms with Crippen molar-refractivity contribution in [3.05, 3.63) is 29.8 Å². The van der Waals surface area contributed by atoms with E-state index < -0.39 is 5.97 Å². The molecule has 0 radical (unpaired) electrons. The molecule has 148 valence electrons. The summed E-state index contributed by atoms with van der Waals surface area (Å²) >= 11 is 0. The molecule has 0 saturated carbocycles. The lowest BCUT2D eigenvalue weighted by atomic mass is 9.97. The molecule has 2 rings (SSSR count). The maximum atomic E-state index is 12.3. The second-order valence-electron chi connectivity index (χ2n) is 7.26. The summed E-state index contributed by atoms with van der Waals surface area (Å²) in [5.74, 6) is -0.647. The van der Waals surface area contributed by atoms with E-state index in [1.54, 1.807) is 18.0 Å². The number of hydrogen-bond acceptors (Lipinski definition) is 4. The maximum Gasteiger partial charge on any atom is 0.306 e. The van der Waals surface area contributed by atoms with E-state index >= 15 is 0 Å². The van der Waals surface area contributed by atoms with Crippen molar-refractivity contribution in [2.45, 2.75) is 32.6 Å². The van der Waals surface area contributed by atoms with Gasteiger partial charge in [0.05, 0.1) is 12.5 Å². The Morgan fingerprint density at radius 3 is 2.52 bits per heavy atom. The number of ether oxygens (including phenoxy) is 1. The summed E-state index contributed by atoms with van der Waals surface area (Å²) in [7, 11) is 1.57. The number of rotatable bonds is 7. The molecule has 1 N–H and O–H groups in total. The molecule has 0 aromatic heterocycles. The minimum atomic E-state index is -0.812. The Hall–Kier alpha value is -2.57. The van der Waals surface area contributed by atoms with Gasteiger partial charge in [-0.05, 0) is 36.5 Å². The Labute approximate surface area is 159 Å². The molecule has 0 atom stereocenters. The number of aliphatic carboxylic acids is 1. The average molecular weight is 376 g/mol. The molecule has 1 aliphatic rings. The molecular weight excluding hydrogens is 348 g/mol. The van der Waals surface area contributed by atoms with E-state index in [4.69, 9.17) is 9.84 Å². The number of nitrogens with zero attached hydrogens (tertiary/aromatic N) is 2. The first-order valence-electron chi connectivity index (χ1n) is 9.25. The molecule has 7 heteroatoms. The van der Waals surface area contributed by atoms with Crippen LogP contribution in [-0.2, 0) is 14.4 Å². The van der Waals surface area contributed by atoms with E-state index in [0.717, 1.165) is 5.56 Å². The highest BCUT2D eigenvalue weighted by Crippen LogP contribution is 2.20. The summed E-state index contributed by atoms with van der Waals surface area (Å²) in [5.41, 5.74) is 1.13. The molecule has 1 aromatic carbocycles. The van der Waals surface area contributed by atoms with E-state index in [-0.39, 0.29) is 30.9 Å². The minimum Gasteiger partial charge on any atom is -0.484 e. The summed E-state index contributed by atoms with van der Waals surface area (Å²) < 4.78 is 5.57. The van der Waals surface area contributed by atoms with Crippen LogP contribution >= 0.6 is 0 Å². The van der Waals surface area contributed by atoms with Crippen molar-refractivity contribution in [1.29, 1.82) is 0 Å². The molecule has 0 aliphatic carbocycles. The number of likely N-dealkylation sites (tertiary alicyclic amines) is 1. The highest BCUT2D eigenvalue weighted by molar-refractivity contribution is 5.85. The molecule has 7 nitrogen and oxygen atoms in total. The van der Waals surface area contributed by atoms with Gasteiger partial charge in [0, 0.05) is 20.1 Å². The maximum absolute atomic E-state index is 12.3. The Balaban J connectivity index is 1.79. The van der Waals surface area contributed by atoms with Crippen LogP contribution in [0.5, 0.6) is 5.75 Å². The summed E-state index contributed by atoms with van der Waals surface area (Å²) in [4.78, 5) is 38.5. The standard InChI is InChI=1S/C20H28N2O5/c1-14(2)16-5-4-6-17(11-16)27-13-19(24)21(3)12-18(23)22-9-7-15(8-10-22)20(25)26/h4-6,11,14-15H,7-10,12-13H2,1-3H3,(H,25,26). The van der Waals surface area contributed by atoms with Crippen LogP contribution in [0.4, 0.5) is 0 Å². The molecular formula is C20H28N2O5. The quantitative estimate of drug-likeness (QED) is 0.786. The normalized spacial score (nSPS) is 14.9. The van der Waals surface area contributed by atoms with Gasteiger partial charge in [-0.1, -0.05) is 26.0 Å². The van der Waals surface area contributed by atoms with E-state index in [0.29, 0.717) is 37.6 Å². The molecule has 27 heavy (non-hydrogen) atoms. The molecule has 2 amide bonds. The van der Waals surface area contributed by atoms with Crippen molar-refractivity contribution >= 4 is 17.8 Å². The SMILES string of the molecule is CC(C)c1cccc(OCC(=O)N(C)CC(=O)N2CCC(C(=O)O)CC2)c1. The van der Waals surface area contributed by atoms with Crippen LogP contribution in [0.3, 0.4) is 0 Å². The van der Waals surface area contributed by atoms with Crippen LogP contribution in [0.1, 0.15) is 38.2 Å². The Morgan fingerprint density at radius 2 is 1.93 bits per heavy atom. The third kappa shape index (κ3) is 5.98. The lowest BCUT2D eigenvalue weighted by Gasteiger charge is -2.31. The van der Waals surface area contributed by atoms with E-state index in [9.17, 15) is 14.4 Å². The van der Waals surface area contributed by atoms with E-state index in [1.165, 1.54) is 4.90 Å². The molecule has 1 aliphatic heterocycles. The van der Waals surface area contributed by atoms with E-state index in [2.05, 4.69) is 13.8 Å². The van der Waals surface area contributed by atoms with Crippen LogP contribution in [0.25, 0.3) is 0 Å². The van der Waals surface area contributed by atoms with Crippen molar-refractivity contribution in [3.63, 3.8) is 0 Å². The van der Waals surface area contributed by atoms with Gasteiger partial charge in [-0.15, -0.1) is 0 Å². The first kappa shape index (κ1) is 20.7. The highest BCUT2D eigenvalue weighted by atomic mass is 16.5. The topological polar surface area (TPSA) is 87.2 Å². The minimum absolute atomic E-state index is 0.0357. The van der Waals surface area contributed by atoms with E-state index in [1.807, 2.05) is 18.2 Å². The molecule has 0 bridgehead atoms. The molecule has 1 saturated heterocycles. The van der Waals surface area contributed by atoms with Gasteiger partial charge < -0.3 is 19.6 Å². The van der Waals surface area contributed by atoms with Crippen LogP contribution in [0, 0.1) is 5.92 Å². The summed E-state index contributed by atoms with van der Waals surface area (Å²) in [6.07, 6.45) is 0.905. The third-order valence-electron chi connectivity index (χ3n) is 4.88. The Bertz CT molecular complexity index is 681. The number of amides is 2. The van der Waals surface area contributed by atoms with Gasteiger partial charge >= 0.3 is 5.97 Å². The fourth-order valence-corrected chi connectivity index (χ4v) is 2.99. The van der Waals surface area contributed by atoms with Crippen molar-refractivity contribution < 1.29 is 24.2 Å². The zero-order valence-corrected chi connectivity index (χ0v) is 16.2. The van der Waals surface area contributed by atoms with Gasteiger partial charge in [0.25, 0.3) is 5.91 Å². The second-order valence-corrected chi connectivity index (χ2v) is 7.26. The number of hydrogen-bond donors (Lipinski definition) is 1. The van der Waals surface area contributed by atoms with Crippen LogP contribution in [0.2, 0.25) is 0 Å². The molecule has 1 aromatic rings. The van der Waals surface area contributed by atoms with Gasteiger partial charge in [-0.3, -0.25) is 14.4 Å². The van der Waals surface area contributed by atoms with Crippen molar-refractivity contribution in [2.75, 3.05) is 33.3 Å². The number of piperidine rings is 1. The smallest absolute Gasteiger partial charge is 0.306 e. The molecule has 1 heterocycles. The lowest BCUT2D eigenvalue weighted by Crippen LogP contribution is -2.46. The largest absolute Gasteiger partial charge is 0.484 e. The van der Waals surface area contributed by atoms with Crippen LogP contribution in [-0.4, -0.2) is 66.0 Å². The van der Waals surface area contributed by atoms with Crippen LogP contribution < -0.4 is 4.74 Å². The summed E-state index contributed by atoms with van der Waals surface area (Å²) in [6.45, 7) is 4.83. The van der Waals surface area contributed by atoms with Crippen molar-refractivity contribution in [1.82, 2.24) is 9.80 Å². The van der Waals surface area contributed by atoms with Gasteiger partial charge in [0.15, 0.2) is 6.61 Å². The average Bonchev–Trinajstić information content (AvgIpc) is 2.66. The van der Waals surface area contributed by atoms with Gasteiger partial charge in [0.2, 0.25) is 5.91 Å². The summed E-state index contributed by atoms with van der Waals surface area (Å²) in [5, 5.41) is 9.01. The molecule has 0 spiro atoms. The number of benzene rings is 1. The van der Waals surface area contributed by atoms with Gasteiger partial charge in [-0.25, -0.2) is 0 Å². The predicted octanol–water partition coefficient (Wildman–Crippen LogP) is 1.97. The Kier molecular flexibility index (Phi) is 7.21. The van der Waals surface area contributed by atoms with Crippen molar-refractivity contribution in [2.24, 2.45) is 5.92 Å². The Morgan fingerprint density at radius 1 is 1.26 bits per heavy atom. The number of likely N-dealkylation sites (N-methyl/N-ethyl adjacent to an activating group) is 1. The second kappa shape index (κ2) is 9.39. The van der Waals surface area contributed by atoms with Crippen LogP contribution in [0.15, 0.2) is 24.3 Å². The number of carboxylic acid groups (broad SMARTS) is 1. The molecule has 1 fully saturated rings. The monoisotopic (exact) mass is 376 g/mol. The predicted molar refractivity (Wildman–Crippen MR) is 101 cm³/mol. The fourth-order valence-electron chi connectivity index (χ4n) is 2.99. The van der Waals surface area contributed by atoms with Gasteiger partial charge in [0.1, 0.15) is 5.75 Å². The number of carbonyl (C=O) groups is 3. The highest BCUT2D eigenvalue weighted by Gasteiger charge is 2.27. The first-order chi connectivity index (χ1) is 12.8. The number of carboxylic acids is 1. The summed E-state index contributed by atoms with van der Waals surface area (Å²) in [6, 6.07) is 7.62. The third-order valence-corrected chi connectivity index (χ3v) is 4.88.